The largest absolute Gasteiger partial charge is 0.465 e. The molecule has 0 aliphatic rings. The number of hydrogen-bond donors (Lipinski definition) is 0. The van der Waals surface area contributed by atoms with Gasteiger partial charge >= 0.3 is 5.97 Å². The zero-order chi connectivity index (χ0) is 13.3. The number of hydrogen-bond acceptors (Lipinski definition) is 3. The van der Waals surface area contributed by atoms with E-state index >= 15 is 0 Å². The Morgan fingerprint density at radius 1 is 1.28 bits per heavy atom. The summed E-state index contributed by atoms with van der Waals surface area (Å²) >= 11 is 11.9. The lowest BCUT2D eigenvalue weighted by molar-refractivity contribution is 0.0599. The zero-order valence-electron chi connectivity index (χ0n) is 9.79. The maximum Gasteiger partial charge on any atom is 0.341 e. The van der Waals surface area contributed by atoms with Gasteiger partial charge in [0.05, 0.1) is 12.1 Å². The minimum Gasteiger partial charge on any atom is -0.465 e. The highest BCUT2D eigenvalue weighted by Gasteiger charge is 2.17. The van der Waals surface area contributed by atoms with Crippen molar-refractivity contribution in [2.45, 2.75) is 6.92 Å². The Hall–Kier alpha value is -1.45. The lowest BCUT2D eigenvalue weighted by Crippen LogP contribution is -2.00. The molecule has 0 saturated carbocycles. The zero-order valence-corrected chi connectivity index (χ0v) is 11.3. The monoisotopic (exact) mass is 284 g/mol. The second-order valence-corrected chi connectivity index (χ2v) is 4.54. The van der Waals surface area contributed by atoms with Gasteiger partial charge in [0.25, 0.3) is 0 Å². The summed E-state index contributed by atoms with van der Waals surface area (Å²) in [6.45, 7) is 1.69. The quantitative estimate of drug-likeness (QED) is 0.770. The summed E-state index contributed by atoms with van der Waals surface area (Å²) in [5.41, 5.74) is 1.07. The van der Waals surface area contributed by atoms with Crippen LogP contribution in [0.25, 0.3) is 11.3 Å². The Balaban J connectivity index is 2.49. The van der Waals surface area contributed by atoms with Gasteiger partial charge in [-0.05, 0) is 31.2 Å². The second-order valence-electron chi connectivity index (χ2n) is 3.70. The number of furan rings is 1. The van der Waals surface area contributed by atoms with Crippen LogP contribution in [-0.4, -0.2) is 13.1 Å². The third-order valence-corrected chi connectivity index (χ3v) is 3.07. The first kappa shape index (κ1) is 13.0. The van der Waals surface area contributed by atoms with Gasteiger partial charge in [0.15, 0.2) is 0 Å². The average Bonchev–Trinajstić information content (AvgIpc) is 2.70. The summed E-state index contributed by atoms with van der Waals surface area (Å²) in [7, 11) is 1.32. The van der Waals surface area contributed by atoms with Crippen LogP contribution in [0.5, 0.6) is 0 Å². The molecule has 18 heavy (non-hydrogen) atoms. The molecule has 2 aromatic rings. The molecule has 0 amide bonds. The van der Waals surface area contributed by atoms with E-state index in [4.69, 9.17) is 27.6 Å². The fourth-order valence-electron chi connectivity index (χ4n) is 1.62. The predicted octanol–water partition coefficient (Wildman–Crippen LogP) is 4.35. The number of esters is 1. The van der Waals surface area contributed by atoms with Crippen molar-refractivity contribution < 1.29 is 13.9 Å². The SMILES string of the molecule is COC(=O)c1cc(-c2ccc(Cl)cc2Cl)oc1C. The normalized spacial score (nSPS) is 10.4. The van der Waals surface area contributed by atoms with Crippen molar-refractivity contribution in [2.24, 2.45) is 0 Å². The Kier molecular flexibility index (Phi) is 3.64. The van der Waals surface area contributed by atoms with Crippen molar-refractivity contribution >= 4 is 29.2 Å². The number of benzene rings is 1. The summed E-state index contributed by atoms with van der Waals surface area (Å²) in [4.78, 5) is 11.5. The lowest BCUT2D eigenvalue weighted by Gasteiger charge is -2.00. The summed E-state index contributed by atoms with van der Waals surface area (Å²) in [5.74, 6) is 0.560. The van der Waals surface area contributed by atoms with Crippen LogP contribution in [0.2, 0.25) is 10.0 Å². The smallest absolute Gasteiger partial charge is 0.341 e. The average molecular weight is 285 g/mol. The molecule has 0 N–H and O–H groups in total. The molecule has 5 heteroatoms. The molecule has 2 rings (SSSR count). The Morgan fingerprint density at radius 2 is 2.00 bits per heavy atom. The Morgan fingerprint density at radius 3 is 2.61 bits per heavy atom. The van der Waals surface area contributed by atoms with Crippen LogP contribution >= 0.6 is 23.2 Å². The van der Waals surface area contributed by atoms with Gasteiger partial charge in [0.2, 0.25) is 0 Å². The molecule has 0 saturated heterocycles. The topological polar surface area (TPSA) is 39.4 Å². The number of ether oxygens (including phenoxy) is 1. The van der Waals surface area contributed by atoms with E-state index in [1.165, 1.54) is 7.11 Å². The molecule has 0 spiro atoms. The molecule has 3 nitrogen and oxygen atoms in total. The third kappa shape index (κ3) is 2.37. The van der Waals surface area contributed by atoms with Crippen LogP contribution in [0.4, 0.5) is 0 Å². The molecule has 0 aliphatic heterocycles. The van der Waals surface area contributed by atoms with E-state index < -0.39 is 5.97 Å². The summed E-state index contributed by atoms with van der Waals surface area (Å²) < 4.78 is 10.2. The highest BCUT2D eigenvalue weighted by Crippen LogP contribution is 2.33. The van der Waals surface area contributed by atoms with Crippen molar-refractivity contribution in [2.75, 3.05) is 7.11 Å². The van der Waals surface area contributed by atoms with E-state index in [-0.39, 0.29) is 0 Å². The van der Waals surface area contributed by atoms with Crippen LogP contribution < -0.4 is 0 Å². The number of carbonyl (C=O) groups excluding carboxylic acids is 1. The first-order valence-corrected chi connectivity index (χ1v) is 5.92. The second kappa shape index (κ2) is 5.04. The maximum absolute atomic E-state index is 11.5. The molecule has 0 fully saturated rings. The molecular weight excluding hydrogens is 275 g/mol. The number of halogens is 2. The van der Waals surface area contributed by atoms with Crippen molar-refractivity contribution in [1.29, 1.82) is 0 Å². The minimum absolute atomic E-state index is 0.388. The first-order valence-electron chi connectivity index (χ1n) is 5.17. The molecule has 0 atom stereocenters. The van der Waals surface area contributed by atoms with Crippen molar-refractivity contribution in [3.05, 3.63) is 45.6 Å². The fourth-order valence-corrected chi connectivity index (χ4v) is 2.12. The lowest BCUT2D eigenvalue weighted by atomic mass is 10.1. The van der Waals surface area contributed by atoms with Gasteiger partial charge in [-0.25, -0.2) is 4.79 Å². The Bertz CT molecular complexity index is 602. The third-order valence-electron chi connectivity index (χ3n) is 2.52. The molecule has 94 valence electrons. The number of carbonyl (C=O) groups is 1. The van der Waals surface area contributed by atoms with E-state index in [1.807, 2.05) is 0 Å². The van der Waals surface area contributed by atoms with E-state index in [0.29, 0.717) is 32.7 Å². The predicted molar refractivity (Wildman–Crippen MR) is 70.2 cm³/mol. The first-order chi connectivity index (χ1) is 8.52. The van der Waals surface area contributed by atoms with Crippen LogP contribution in [0, 0.1) is 6.92 Å². The molecule has 1 aromatic heterocycles. The van der Waals surface area contributed by atoms with Crippen LogP contribution in [-0.2, 0) is 4.74 Å². The van der Waals surface area contributed by atoms with Crippen LogP contribution in [0.15, 0.2) is 28.7 Å². The van der Waals surface area contributed by atoms with E-state index in [1.54, 1.807) is 31.2 Å². The molecule has 1 aromatic carbocycles. The highest BCUT2D eigenvalue weighted by atomic mass is 35.5. The van der Waals surface area contributed by atoms with E-state index in [2.05, 4.69) is 4.74 Å². The molecule has 0 bridgehead atoms. The van der Waals surface area contributed by atoms with Crippen molar-refractivity contribution in [3.8, 4) is 11.3 Å². The van der Waals surface area contributed by atoms with Gasteiger partial charge in [-0.15, -0.1) is 0 Å². The van der Waals surface area contributed by atoms with E-state index in [9.17, 15) is 4.79 Å². The van der Waals surface area contributed by atoms with Gasteiger partial charge in [-0.2, -0.15) is 0 Å². The molecular formula is C13H10Cl2O3. The van der Waals surface area contributed by atoms with Crippen LogP contribution in [0.3, 0.4) is 0 Å². The molecule has 0 aliphatic carbocycles. The van der Waals surface area contributed by atoms with Crippen molar-refractivity contribution in [1.82, 2.24) is 0 Å². The van der Waals surface area contributed by atoms with Gasteiger partial charge in [-0.3, -0.25) is 0 Å². The summed E-state index contributed by atoms with van der Waals surface area (Å²) in [6.07, 6.45) is 0. The number of aryl methyl sites for hydroxylation is 1. The fraction of sp³-hybridized carbons (Fsp3) is 0.154. The molecule has 0 radical (unpaired) electrons. The van der Waals surface area contributed by atoms with Crippen LogP contribution in [0.1, 0.15) is 16.1 Å². The van der Waals surface area contributed by atoms with Gasteiger partial charge in [0.1, 0.15) is 17.1 Å². The highest BCUT2D eigenvalue weighted by molar-refractivity contribution is 6.36. The van der Waals surface area contributed by atoms with Gasteiger partial charge < -0.3 is 9.15 Å². The number of rotatable bonds is 2. The minimum atomic E-state index is -0.437. The molecule has 0 unspecified atom stereocenters. The van der Waals surface area contributed by atoms with E-state index in [0.717, 1.165) is 0 Å². The summed E-state index contributed by atoms with van der Waals surface area (Å²) in [5, 5.41) is 1.01. The van der Waals surface area contributed by atoms with Gasteiger partial charge in [-0.1, -0.05) is 23.2 Å². The summed E-state index contributed by atoms with van der Waals surface area (Å²) in [6, 6.07) is 6.67. The Labute approximate surface area is 114 Å². The van der Waals surface area contributed by atoms with Gasteiger partial charge in [0, 0.05) is 10.6 Å². The van der Waals surface area contributed by atoms with Crippen molar-refractivity contribution in [3.63, 3.8) is 0 Å². The number of methoxy groups -OCH3 is 1. The maximum atomic E-state index is 11.5. The standard InChI is InChI=1S/C13H10Cl2O3/c1-7-10(13(16)17-2)6-12(18-7)9-4-3-8(14)5-11(9)15/h3-6H,1-2H3. The molecule has 1 heterocycles.